The van der Waals surface area contributed by atoms with Crippen LogP contribution >= 0.6 is 12.4 Å². The van der Waals surface area contributed by atoms with Crippen molar-refractivity contribution in [1.82, 2.24) is 10.3 Å². The molecule has 1 aliphatic rings. The number of hydrogen-bond donors (Lipinski definition) is 2. The predicted octanol–water partition coefficient (Wildman–Crippen LogP) is 1.24. The average molecular weight is 272 g/mol. The molecular weight excluding hydrogens is 254 g/mol. The number of rotatable bonds is 3. The summed E-state index contributed by atoms with van der Waals surface area (Å²) in [5.74, 6) is 0.710. The summed E-state index contributed by atoms with van der Waals surface area (Å²) in [5.41, 5.74) is 5.90. The zero-order chi connectivity index (χ0) is 12.1. The van der Waals surface area contributed by atoms with Crippen molar-refractivity contribution in [2.75, 3.05) is 25.5 Å². The van der Waals surface area contributed by atoms with Gasteiger partial charge in [-0.3, -0.25) is 4.79 Å². The third-order valence-electron chi connectivity index (χ3n) is 2.90. The topological polar surface area (TPSA) is 77.2 Å². The van der Waals surface area contributed by atoms with Gasteiger partial charge in [0.25, 0.3) is 5.91 Å². The molecule has 18 heavy (non-hydrogen) atoms. The van der Waals surface area contributed by atoms with Gasteiger partial charge in [0.15, 0.2) is 0 Å². The molecule has 1 fully saturated rings. The standard InChI is InChI=1S/C12H17N3O2.ClH/c13-11-3-1-2-10(15-11)12(16)14-8-9-4-6-17-7-5-9;/h1-3,9H,4-8H2,(H2,13,15)(H,14,16);1H. The first-order valence-electron chi connectivity index (χ1n) is 5.84. The highest BCUT2D eigenvalue weighted by Gasteiger charge is 2.15. The van der Waals surface area contributed by atoms with E-state index in [1.165, 1.54) is 0 Å². The number of pyridine rings is 1. The fraction of sp³-hybridized carbons (Fsp3) is 0.500. The van der Waals surface area contributed by atoms with Crippen LogP contribution in [-0.2, 0) is 4.74 Å². The van der Waals surface area contributed by atoms with Crippen LogP contribution in [0.2, 0.25) is 0 Å². The Bertz CT molecular complexity index is 395. The largest absolute Gasteiger partial charge is 0.384 e. The number of nitrogens with one attached hydrogen (secondary N) is 1. The number of hydrogen-bond acceptors (Lipinski definition) is 4. The van der Waals surface area contributed by atoms with Gasteiger partial charge in [0.05, 0.1) is 0 Å². The number of anilines is 1. The lowest BCUT2D eigenvalue weighted by Crippen LogP contribution is -2.32. The predicted molar refractivity (Wildman–Crippen MR) is 71.8 cm³/mol. The highest BCUT2D eigenvalue weighted by Crippen LogP contribution is 2.13. The molecule has 0 radical (unpaired) electrons. The Kier molecular flexibility index (Phi) is 5.88. The van der Waals surface area contributed by atoms with Crippen LogP contribution in [0.5, 0.6) is 0 Å². The van der Waals surface area contributed by atoms with Crippen molar-refractivity contribution in [3.05, 3.63) is 23.9 Å². The molecule has 0 aromatic carbocycles. The third kappa shape index (κ3) is 4.16. The number of aromatic nitrogens is 1. The number of carbonyl (C=O) groups excluding carboxylic acids is 1. The van der Waals surface area contributed by atoms with Crippen molar-refractivity contribution in [2.45, 2.75) is 12.8 Å². The number of nitrogens with zero attached hydrogens (tertiary/aromatic N) is 1. The number of carbonyl (C=O) groups is 1. The number of nitrogen functional groups attached to an aromatic ring is 1. The highest BCUT2D eigenvalue weighted by molar-refractivity contribution is 5.92. The molecule has 0 aliphatic carbocycles. The summed E-state index contributed by atoms with van der Waals surface area (Å²) in [6, 6.07) is 5.05. The second-order valence-electron chi connectivity index (χ2n) is 4.21. The number of halogens is 1. The van der Waals surface area contributed by atoms with E-state index in [1.54, 1.807) is 18.2 Å². The molecule has 1 aromatic heterocycles. The van der Waals surface area contributed by atoms with E-state index in [1.807, 2.05) is 0 Å². The van der Waals surface area contributed by atoms with E-state index in [2.05, 4.69) is 10.3 Å². The SMILES string of the molecule is Cl.Nc1cccc(C(=O)NCC2CCOCC2)n1. The van der Waals surface area contributed by atoms with Gasteiger partial charge >= 0.3 is 0 Å². The lowest BCUT2D eigenvalue weighted by molar-refractivity contribution is 0.0642. The summed E-state index contributed by atoms with van der Waals surface area (Å²) in [6.45, 7) is 2.26. The molecule has 0 bridgehead atoms. The number of ether oxygens (including phenoxy) is 1. The minimum Gasteiger partial charge on any atom is -0.384 e. The lowest BCUT2D eigenvalue weighted by Gasteiger charge is -2.22. The first-order chi connectivity index (χ1) is 8.25. The number of amides is 1. The van der Waals surface area contributed by atoms with Gasteiger partial charge in [0.1, 0.15) is 11.5 Å². The second kappa shape index (κ2) is 7.18. The Balaban J connectivity index is 0.00000162. The molecule has 0 saturated carbocycles. The smallest absolute Gasteiger partial charge is 0.269 e. The molecule has 6 heteroatoms. The zero-order valence-electron chi connectivity index (χ0n) is 10.1. The Labute approximate surface area is 113 Å². The van der Waals surface area contributed by atoms with Gasteiger partial charge in [-0.15, -0.1) is 12.4 Å². The Hall–Kier alpha value is -1.33. The van der Waals surface area contributed by atoms with Crippen LogP contribution in [0.25, 0.3) is 0 Å². The third-order valence-corrected chi connectivity index (χ3v) is 2.90. The first kappa shape index (κ1) is 14.7. The molecule has 3 N–H and O–H groups in total. The summed E-state index contributed by atoms with van der Waals surface area (Å²) in [5, 5.41) is 2.88. The summed E-state index contributed by atoms with van der Waals surface area (Å²) < 4.78 is 5.27. The van der Waals surface area contributed by atoms with Crippen LogP contribution in [0.1, 0.15) is 23.3 Å². The summed E-state index contributed by atoms with van der Waals surface area (Å²) in [7, 11) is 0. The van der Waals surface area contributed by atoms with Crippen molar-refractivity contribution in [3.63, 3.8) is 0 Å². The monoisotopic (exact) mass is 271 g/mol. The van der Waals surface area contributed by atoms with Crippen LogP contribution in [0.4, 0.5) is 5.82 Å². The maximum Gasteiger partial charge on any atom is 0.269 e. The molecule has 2 rings (SSSR count). The van der Waals surface area contributed by atoms with Gasteiger partial charge in [-0.2, -0.15) is 0 Å². The van der Waals surface area contributed by atoms with Crippen molar-refractivity contribution in [1.29, 1.82) is 0 Å². The van der Waals surface area contributed by atoms with Crippen LogP contribution in [0, 0.1) is 5.92 Å². The quantitative estimate of drug-likeness (QED) is 0.867. The van der Waals surface area contributed by atoms with Gasteiger partial charge in [-0.25, -0.2) is 4.98 Å². The van der Waals surface area contributed by atoms with E-state index in [4.69, 9.17) is 10.5 Å². The lowest BCUT2D eigenvalue weighted by atomic mass is 10.0. The van der Waals surface area contributed by atoms with E-state index < -0.39 is 0 Å². The van der Waals surface area contributed by atoms with Crippen molar-refractivity contribution in [3.8, 4) is 0 Å². The molecular formula is C12H18ClN3O2. The summed E-state index contributed by atoms with van der Waals surface area (Å²) >= 11 is 0. The van der Waals surface area contributed by atoms with Crippen molar-refractivity contribution >= 4 is 24.1 Å². The molecule has 2 heterocycles. The minimum atomic E-state index is -0.163. The maximum atomic E-state index is 11.8. The number of nitrogens with two attached hydrogens (primary N) is 1. The van der Waals surface area contributed by atoms with Crippen molar-refractivity contribution < 1.29 is 9.53 Å². The van der Waals surface area contributed by atoms with E-state index in [0.29, 0.717) is 24.0 Å². The minimum absolute atomic E-state index is 0. The molecule has 1 amide bonds. The first-order valence-corrected chi connectivity index (χ1v) is 5.84. The molecule has 1 saturated heterocycles. The second-order valence-corrected chi connectivity index (χ2v) is 4.21. The summed E-state index contributed by atoms with van der Waals surface area (Å²) in [4.78, 5) is 15.8. The van der Waals surface area contributed by atoms with Gasteiger partial charge < -0.3 is 15.8 Å². The van der Waals surface area contributed by atoms with Crippen LogP contribution in [-0.4, -0.2) is 30.6 Å². The Morgan fingerprint density at radius 2 is 2.17 bits per heavy atom. The molecule has 1 aromatic rings. The molecule has 0 spiro atoms. The van der Waals surface area contributed by atoms with Crippen LogP contribution in [0.3, 0.4) is 0 Å². The Morgan fingerprint density at radius 3 is 2.83 bits per heavy atom. The average Bonchev–Trinajstić information content (AvgIpc) is 2.37. The molecule has 0 unspecified atom stereocenters. The van der Waals surface area contributed by atoms with Gasteiger partial charge in [-0.05, 0) is 30.9 Å². The van der Waals surface area contributed by atoms with E-state index >= 15 is 0 Å². The van der Waals surface area contributed by atoms with Crippen LogP contribution in [0.15, 0.2) is 18.2 Å². The van der Waals surface area contributed by atoms with E-state index in [0.717, 1.165) is 26.1 Å². The fourth-order valence-corrected chi connectivity index (χ4v) is 1.86. The van der Waals surface area contributed by atoms with Crippen molar-refractivity contribution in [2.24, 2.45) is 5.92 Å². The summed E-state index contributed by atoms with van der Waals surface area (Å²) in [6.07, 6.45) is 2.01. The fourth-order valence-electron chi connectivity index (χ4n) is 1.86. The molecule has 5 nitrogen and oxygen atoms in total. The van der Waals surface area contributed by atoms with Crippen LogP contribution < -0.4 is 11.1 Å². The highest BCUT2D eigenvalue weighted by atomic mass is 35.5. The van der Waals surface area contributed by atoms with Gasteiger partial charge in [-0.1, -0.05) is 6.07 Å². The molecule has 1 aliphatic heterocycles. The molecule has 0 atom stereocenters. The normalized spacial score (nSPS) is 15.8. The molecule has 100 valence electrons. The maximum absolute atomic E-state index is 11.8. The van der Waals surface area contributed by atoms with Gasteiger partial charge in [0.2, 0.25) is 0 Å². The Morgan fingerprint density at radius 1 is 1.44 bits per heavy atom. The van der Waals surface area contributed by atoms with E-state index in [9.17, 15) is 4.79 Å². The van der Waals surface area contributed by atoms with E-state index in [-0.39, 0.29) is 18.3 Å². The zero-order valence-corrected chi connectivity index (χ0v) is 10.9. The van der Waals surface area contributed by atoms with Gasteiger partial charge in [0, 0.05) is 19.8 Å².